The molecule has 4 atom stereocenters. The third-order valence-electron chi connectivity index (χ3n) is 5.22. The van der Waals surface area contributed by atoms with E-state index in [2.05, 4.69) is 19.1 Å². The molecule has 27 heavy (non-hydrogen) atoms. The van der Waals surface area contributed by atoms with Gasteiger partial charge in [0.15, 0.2) is 0 Å². The van der Waals surface area contributed by atoms with Gasteiger partial charge < -0.3 is 24.8 Å². The highest BCUT2D eigenvalue weighted by molar-refractivity contribution is 4.88. The molecule has 1 fully saturated rings. The SMILES string of the molecule is CCCCCCCCC/C=C/CCCCCO[C@@H](CO)[C@H]1OC[C@@H](O)[C@H]1O. The lowest BCUT2D eigenvalue weighted by molar-refractivity contribution is -0.101. The lowest BCUT2D eigenvalue weighted by atomic mass is 10.1. The molecule has 1 heterocycles. The van der Waals surface area contributed by atoms with Crippen molar-refractivity contribution in [2.45, 2.75) is 108 Å². The summed E-state index contributed by atoms with van der Waals surface area (Å²) in [6.45, 7) is 2.68. The Hall–Kier alpha value is -0.460. The van der Waals surface area contributed by atoms with E-state index in [1.165, 1.54) is 51.4 Å². The van der Waals surface area contributed by atoms with Crippen molar-refractivity contribution in [3.05, 3.63) is 12.2 Å². The molecular formula is C22H42O5. The van der Waals surface area contributed by atoms with Crippen LogP contribution in [0.2, 0.25) is 0 Å². The molecule has 5 heteroatoms. The molecule has 0 unspecified atom stereocenters. The van der Waals surface area contributed by atoms with E-state index in [0.29, 0.717) is 6.61 Å². The number of aliphatic hydroxyl groups is 3. The first-order valence-corrected chi connectivity index (χ1v) is 11.1. The summed E-state index contributed by atoms with van der Waals surface area (Å²) in [4.78, 5) is 0. The van der Waals surface area contributed by atoms with Crippen LogP contribution in [0.4, 0.5) is 0 Å². The van der Waals surface area contributed by atoms with E-state index in [0.717, 1.165) is 25.7 Å². The summed E-state index contributed by atoms with van der Waals surface area (Å²) in [5.41, 5.74) is 0. The highest BCUT2D eigenvalue weighted by Gasteiger charge is 2.40. The maximum Gasteiger partial charge on any atom is 0.114 e. The Bertz CT molecular complexity index is 361. The Morgan fingerprint density at radius 2 is 1.52 bits per heavy atom. The number of hydrogen-bond donors (Lipinski definition) is 3. The van der Waals surface area contributed by atoms with Gasteiger partial charge in [0.25, 0.3) is 0 Å². The van der Waals surface area contributed by atoms with Gasteiger partial charge in [0, 0.05) is 6.61 Å². The summed E-state index contributed by atoms with van der Waals surface area (Å²) in [6, 6.07) is 0. The number of aliphatic hydroxyl groups excluding tert-OH is 3. The van der Waals surface area contributed by atoms with Crippen molar-refractivity contribution >= 4 is 0 Å². The molecule has 0 aliphatic carbocycles. The fourth-order valence-electron chi connectivity index (χ4n) is 3.44. The molecule has 1 aliphatic heterocycles. The number of hydrogen-bond acceptors (Lipinski definition) is 5. The van der Waals surface area contributed by atoms with Crippen molar-refractivity contribution in [3.8, 4) is 0 Å². The minimum atomic E-state index is -0.983. The van der Waals surface area contributed by atoms with Gasteiger partial charge in [0.1, 0.15) is 24.4 Å². The van der Waals surface area contributed by atoms with Crippen molar-refractivity contribution in [1.29, 1.82) is 0 Å². The zero-order chi connectivity index (χ0) is 19.7. The fraction of sp³-hybridized carbons (Fsp3) is 0.909. The van der Waals surface area contributed by atoms with E-state index < -0.39 is 24.4 Å². The highest BCUT2D eigenvalue weighted by atomic mass is 16.6. The Labute approximate surface area is 165 Å². The molecule has 5 nitrogen and oxygen atoms in total. The highest BCUT2D eigenvalue weighted by Crippen LogP contribution is 2.19. The third-order valence-corrected chi connectivity index (χ3v) is 5.22. The van der Waals surface area contributed by atoms with Gasteiger partial charge in [-0.1, -0.05) is 64.0 Å². The lowest BCUT2D eigenvalue weighted by Crippen LogP contribution is -2.42. The number of ether oxygens (including phenoxy) is 2. The number of allylic oxidation sites excluding steroid dienone is 2. The minimum absolute atomic E-state index is 0.0941. The van der Waals surface area contributed by atoms with Crippen LogP contribution in [-0.4, -0.2) is 59.6 Å². The van der Waals surface area contributed by atoms with E-state index >= 15 is 0 Å². The molecule has 0 radical (unpaired) electrons. The maximum atomic E-state index is 9.81. The predicted octanol–water partition coefficient (Wildman–Crippen LogP) is 3.74. The van der Waals surface area contributed by atoms with Gasteiger partial charge in [-0.05, 0) is 32.1 Å². The van der Waals surface area contributed by atoms with Gasteiger partial charge in [-0.15, -0.1) is 0 Å². The normalized spacial score (nSPS) is 24.1. The topological polar surface area (TPSA) is 79.2 Å². The first-order chi connectivity index (χ1) is 13.2. The second kappa shape index (κ2) is 16.5. The summed E-state index contributed by atoms with van der Waals surface area (Å²) in [5, 5.41) is 28.7. The quantitative estimate of drug-likeness (QED) is 0.262. The van der Waals surface area contributed by atoms with Crippen LogP contribution in [0.1, 0.15) is 84.0 Å². The second-order valence-electron chi connectivity index (χ2n) is 7.68. The monoisotopic (exact) mass is 386 g/mol. The number of rotatable bonds is 17. The molecule has 1 aliphatic rings. The molecule has 0 aromatic rings. The van der Waals surface area contributed by atoms with Crippen LogP contribution in [0, 0.1) is 0 Å². The van der Waals surface area contributed by atoms with E-state index in [1.807, 2.05) is 0 Å². The van der Waals surface area contributed by atoms with E-state index in [-0.39, 0.29) is 13.2 Å². The first kappa shape index (κ1) is 24.6. The molecule has 0 bridgehead atoms. The molecule has 0 amide bonds. The fourth-order valence-corrected chi connectivity index (χ4v) is 3.44. The second-order valence-corrected chi connectivity index (χ2v) is 7.68. The van der Waals surface area contributed by atoms with Crippen LogP contribution in [0.5, 0.6) is 0 Å². The molecule has 0 saturated carbocycles. The average molecular weight is 387 g/mol. The number of unbranched alkanes of at least 4 members (excludes halogenated alkanes) is 10. The van der Waals surface area contributed by atoms with Crippen LogP contribution in [-0.2, 0) is 9.47 Å². The van der Waals surface area contributed by atoms with Gasteiger partial charge >= 0.3 is 0 Å². The average Bonchev–Trinajstić information content (AvgIpc) is 3.00. The van der Waals surface area contributed by atoms with E-state index in [1.54, 1.807) is 0 Å². The molecule has 3 N–H and O–H groups in total. The molecule has 1 saturated heterocycles. The Morgan fingerprint density at radius 1 is 0.926 bits per heavy atom. The smallest absolute Gasteiger partial charge is 0.114 e. The third kappa shape index (κ3) is 11.2. The molecule has 160 valence electrons. The zero-order valence-electron chi connectivity index (χ0n) is 17.2. The minimum Gasteiger partial charge on any atom is -0.394 e. The summed E-state index contributed by atoms with van der Waals surface area (Å²) in [7, 11) is 0. The summed E-state index contributed by atoms with van der Waals surface area (Å²) in [5.74, 6) is 0. The van der Waals surface area contributed by atoms with Crippen LogP contribution in [0.15, 0.2) is 12.2 Å². The van der Waals surface area contributed by atoms with Gasteiger partial charge in [0.2, 0.25) is 0 Å². The molecule has 0 aromatic heterocycles. The standard InChI is InChI=1S/C22H42O5/c1-2-3-4-5-6-7-8-9-10-11-12-13-14-15-16-26-20(17-23)22-21(25)19(24)18-27-22/h10-11,19-25H,2-9,12-18H2,1H3/b11-10+/t19-,20+,21-,22-/m1/s1. The van der Waals surface area contributed by atoms with Gasteiger partial charge in [0.05, 0.1) is 13.2 Å². The summed E-state index contributed by atoms with van der Waals surface area (Å²) in [6.07, 6.45) is 16.5. The van der Waals surface area contributed by atoms with Crippen molar-refractivity contribution < 1.29 is 24.8 Å². The van der Waals surface area contributed by atoms with Crippen LogP contribution in [0.25, 0.3) is 0 Å². The van der Waals surface area contributed by atoms with Gasteiger partial charge in [-0.25, -0.2) is 0 Å². The Balaban J connectivity index is 1.90. The van der Waals surface area contributed by atoms with E-state index in [4.69, 9.17) is 9.47 Å². The van der Waals surface area contributed by atoms with Crippen LogP contribution < -0.4 is 0 Å². The molecular weight excluding hydrogens is 344 g/mol. The van der Waals surface area contributed by atoms with Gasteiger partial charge in [-0.2, -0.15) is 0 Å². The zero-order valence-corrected chi connectivity index (χ0v) is 17.2. The molecule has 0 aromatic carbocycles. The first-order valence-electron chi connectivity index (χ1n) is 11.1. The summed E-state index contributed by atoms with van der Waals surface area (Å²) >= 11 is 0. The van der Waals surface area contributed by atoms with Crippen LogP contribution >= 0.6 is 0 Å². The van der Waals surface area contributed by atoms with Crippen LogP contribution in [0.3, 0.4) is 0 Å². The maximum absolute atomic E-state index is 9.81. The van der Waals surface area contributed by atoms with Crippen molar-refractivity contribution in [3.63, 3.8) is 0 Å². The summed E-state index contributed by atoms with van der Waals surface area (Å²) < 4.78 is 10.9. The van der Waals surface area contributed by atoms with Crippen molar-refractivity contribution in [2.24, 2.45) is 0 Å². The van der Waals surface area contributed by atoms with E-state index in [9.17, 15) is 15.3 Å². The predicted molar refractivity (Wildman–Crippen MR) is 109 cm³/mol. The molecule has 0 spiro atoms. The largest absolute Gasteiger partial charge is 0.394 e. The van der Waals surface area contributed by atoms with Crippen molar-refractivity contribution in [1.82, 2.24) is 0 Å². The van der Waals surface area contributed by atoms with Crippen molar-refractivity contribution in [2.75, 3.05) is 19.8 Å². The molecule has 1 rings (SSSR count). The Morgan fingerprint density at radius 3 is 2.07 bits per heavy atom. The van der Waals surface area contributed by atoms with Gasteiger partial charge in [-0.3, -0.25) is 0 Å². The Kier molecular flexibility index (Phi) is 15.0. The lowest BCUT2D eigenvalue weighted by Gasteiger charge is -2.24.